The van der Waals surface area contributed by atoms with Crippen LogP contribution in [0.25, 0.3) is 10.9 Å². The van der Waals surface area contributed by atoms with Gasteiger partial charge >= 0.3 is 0 Å². The van der Waals surface area contributed by atoms with E-state index >= 15 is 0 Å². The molecule has 0 radical (unpaired) electrons. The van der Waals surface area contributed by atoms with E-state index in [4.69, 9.17) is 17.3 Å². The second-order valence-corrected chi connectivity index (χ2v) is 4.12. The molecule has 0 amide bonds. The molecule has 1 aromatic carbocycles. The zero-order valence-electron chi connectivity index (χ0n) is 8.74. The fourth-order valence-electron chi connectivity index (χ4n) is 1.59. The number of benzene rings is 1. The smallest absolute Gasteiger partial charge is 0.223 e. The number of hydrogen-bond acceptors (Lipinski definition) is 3. The Bertz CT molecular complexity index is 528. The Morgan fingerprint density at radius 2 is 2.19 bits per heavy atom. The van der Waals surface area contributed by atoms with E-state index in [0.29, 0.717) is 23.0 Å². The van der Waals surface area contributed by atoms with E-state index in [0.717, 1.165) is 0 Å². The third kappa shape index (κ3) is 2.28. The summed E-state index contributed by atoms with van der Waals surface area (Å²) in [5.41, 5.74) is 7.03. The average Bonchev–Trinajstić information content (AvgIpc) is 2.18. The first-order chi connectivity index (χ1) is 7.56. The van der Waals surface area contributed by atoms with Gasteiger partial charge < -0.3 is 5.73 Å². The van der Waals surface area contributed by atoms with Gasteiger partial charge in [0.25, 0.3) is 0 Å². The molecule has 0 fully saturated rings. The molecule has 0 bridgehead atoms. The van der Waals surface area contributed by atoms with Crippen LogP contribution in [0.4, 0.5) is 4.39 Å². The molecule has 2 rings (SSSR count). The van der Waals surface area contributed by atoms with Gasteiger partial charge in [0.15, 0.2) is 0 Å². The van der Waals surface area contributed by atoms with Crippen molar-refractivity contribution in [1.82, 2.24) is 9.97 Å². The zero-order chi connectivity index (χ0) is 11.7. The minimum atomic E-state index is -0.315. The largest absolute Gasteiger partial charge is 0.328 e. The average molecular weight is 240 g/mol. The predicted octanol–water partition coefficient (Wildman–Crippen LogP) is 2.31. The van der Waals surface area contributed by atoms with Crippen molar-refractivity contribution in [2.24, 2.45) is 5.73 Å². The van der Waals surface area contributed by atoms with E-state index in [1.165, 1.54) is 12.1 Å². The van der Waals surface area contributed by atoms with Crippen LogP contribution in [-0.4, -0.2) is 16.0 Å². The predicted molar refractivity (Wildman–Crippen MR) is 61.9 cm³/mol. The lowest BCUT2D eigenvalue weighted by Gasteiger charge is -2.08. The lowest BCUT2D eigenvalue weighted by Crippen LogP contribution is -2.19. The molecule has 5 heteroatoms. The van der Waals surface area contributed by atoms with Crippen LogP contribution in [0.1, 0.15) is 12.6 Å². The van der Waals surface area contributed by atoms with Crippen LogP contribution >= 0.6 is 11.6 Å². The van der Waals surface area contributed by atoms with Gasteiger partial charge in [0.1, 0.15) is 5.82 Å². The lowest BCUT2D eigenvalue weighted by molar-refractivity contribution is 0.629. The first-order valence-electron chi connectivity index (χ1n) is 4.93. The van der Waals surface area contributed by atoms with Crippen LogP contribution in [0.5, 0.6) is 0 Å². The monoisotopic (exact) mass is 239 g/mol. The highest BCUT2D eigenvalue weighted by Crippen LogP contribution is 2.20. The van der Waals surface area contributed by atoms with Crippen molar-refractivity contribution in [3.63, 3.8) is 0 Å². The van der Waals surface area contributed by atoms with Gasteiger partial charge in [0.2, 0.25) is 5.28 Å². The second kappa shape index (κ2) is 4.31. The third-order valence-electron chi connectivity index (χ3n) is 2.22. The van der Waals surface area contributed by atoms with Crippen LogP contribution in [0.15, 0.2) is 18.2 Å². The topological polar surface area (TPSA) is 51.8 Å². The maximum absolute atomic E-state index is 13.1. The number of nitrogens with zero attached hydrogens (tertiary/aromatic N) is 2. The van der Waals surface area contributed by atoms with Crippen LogP contribution in [0.3, 0.4) is 0 Å². The minimum absolute atomic E-state index is 0.0579. The number of hydrogen-bond donors (Lipinski definition) is 1. The first-order valence-corrected chi connectivity index (χ1v) is 5.31. The van der Waals surface area contributed by atoms with E-state index in [1.807, 2.05) is 6.92 Å². The summed E-state index contributed by atoms with van der Waals surface area (Å²) in [7, 11) is 0. The summed E-state index contributed by atoms with van der Waals surface area (Å²) in [5, 5.41) is 0.830. The standard InChI is InChI=1S/C11H11ClFN3/c1-6(14)4-10-8-5-7(13)2-3-9(8)15-11(12)16-10/h2-3,5-6H,4,14H2,1H3. The van der Waals surface area contributed by atoms with E-state index in [2.05, 4.69) is 9.97 Å². The lowest BCUT2D eigenvalue weighted by atomic mass is 10.1. The van der Waals surface area contributed by atoms with Crippen LogP contribution in [0, 0.1) is 5.82 Å². The maximum atomic E-state index is 13.1. The summed E-state index contributed by atoms with van der Waals surface area (Å²) < 4.78 is 13.1. The molecule has 0 aliphatic rings. The number of fused-ring (bicyclic) bond motifs is 1. The molecule has 0 saturated heterocycles. The molecule has 1 unspecified atom stereocenters. The van der Waals surface area contributed by atoms with Gasteiger partial charge in [-0.2, -0.15) is 0 Å². The molecule has 0 aliphatic carbocycles. The number of rotatable bonds is 2. The SMILES string of the molecule is CC(N)Cc1nc(Cl)nc2ccc(F)cc12. The Kier molecular flexibility index (Phi) is 3.03. The summed E-state index contributed by atoms with van der Waals surface area (Å²) in [5.74, 6) is -0.315. The van der Waals surface area contributed by atoms with E-state index in [9.17, 15) is 4.39 Å². The summed E-state index contributed by atoms with van der Waals surface area (Å²) in [6.45, 7) is 1.86. The molecule has 0 aliphatic heterocycles. The highest BCUT2D eigenvalue weighted by Gasteiger charge is 2.09. The quantitative estimate of drug-likeness (QED) is 0.819. The molecule has 0 spiro atoms. The summed E-state index contributed by atoms with van der Waals surface area (Å²) in [6, 6.07) is 4.28. The summed E-state index contributed by atoms with van der Waals surface area (Å²) in [6.07, 6.45) is 0.544. The van der Waals surface area contributed by atoms with Crippen LogP contribution in [0.2, 0.25) is 5.28 Å². The molecule has 1 heterocycles. The molecule has 84 valence electrons. The van der Waals surface area contributed by atoms with Crippen molar-refractivity contribution < 1.29 is 4.39 Å². The van der Waals surface area contributed by atoms with E-state index in [1.54, 1.807) is 6.07 Å². The van der Waals surface area contributed by atoms with Gasteiger partial charge in [-0.05, 0) is 36.7 Å². The van der Waals surface area contributed by atoms with E-state index < -0.39 is 0 Å². The Balaban J connectivity index is 2.64. The van der Waals surface area contributed by atoms with Crippen molar-refractivity contribution in [3.05, 3.63) is 35.0 Å². The summed E-state index contributed by atoms with van der Waals surface area (Å²) >= 11 is 5.79. The van der Waals surface area contributed by atoms with Gasteiger partial charge in [-0.15, -0.1) is 0 Å². The Hall–Kier alpha value is -1.26. The number of halogens is 2. The minimum Gasteiger partial charge on any atom is -0.328 e. The first kappa shape index (κ1) is 11.2. The molecule has 0 saturated carbocycles. The van der Waals surface area contributed by atoms with Crippen molar-refractivity contribution in [3.8, 4) is 0 Å². The molecule has 1 aromatic heterocycles. The highest BCUT2D eigenvalue weighted by molar-refractivity contribution is 6.28. The van der Waals surface area contributed by atoms with Gasteiger partial charge in [-0.1, -0.05) is 0 Å². The molecular weight excluding hydrogens is 229 g/mol. The molecule has 3 nitrogen and oxygen atoms in total. The van der Waals surface area contributed by atoms with Crippen molar-refractivity contribution in [2.45, 2.75) is 19.4 Å². The Morgan fingerprint density at radius 1 is 1.44 bits per heavy atom. The molecule has 2 N–H and O–H groups in total. The Labute approximate surface area is 97.5 Å². The number of nitrogens with two attached hydrogens (primary N) is 1. The van der Waals surface area contributed by atoms with Crippen LogP contribution in [-0.2, 0) is 6.42 Å². The summed E-state index contributed by atoms with van der Waals surface area (Å²) in [4.78, 5) is 8.12. The van der Waals surface area contributed by atoms with Crippen molar-refractivity contribution >= 4 is 22.5 Å². The Morgan fingerprint density at radius 3 is 2.88 bits per heavy atom. The molecule has 16 heavy (non-hydrogen) atoms. The van der Waals surface area contributed by atoms with Crippen molar-refractivity contribution in [1.29, 1.82) is 0 Å². The van der Waals surface area contributed by atoms with Gasteiger partial charge in [0.05, 0.1) is 11.2 Å². The van der Waals surface area contributed by atoms with E-state index in [-0.39, 0.29) is 17.1 Å². The number of aromatic nitrogens is 2. The second-order valence-electron chi connectivity index (χ2n) is 3.78. The normalized spacial score (nSPS) is 13.0. The highest BCUT2D eigenvalue weighted by atomic mass is 35.5. The van der Waals surface area contributed by atoms with Gasteiger partial charge in [0, 0.05) is 17.8 Å². The molecule has 2 aromatic rings. The fraction of sp³-hybridized carbons (Fsp3) is 0.273. The van der Waals surface area contributed by atoms with Crippen LogP contribution < -0.4 is 5.73 Å². The molecule has 1 atom stereocenters. The molecular formula is C11H11ClFN3. The fourth-order valence-corrected chi connectivity index (χ4v) is 1.79. The zero-order valence-corrected chi connectivity index (χ0v) is 9.50. The maximum Gasteiger partial charge on any atom is 0.223 e. The van der Waals surface area contributed by atoms with Crippen molar-refractivity contribution in [2.75, 3.05) is 0 Å². The van der Waals surface area contributed by atoms with Gasteiger partial charge in [-0.25, -0.2) is 14.4 Å². The third-order valence-corrected chi connectivity index (χ3v) is 2.39. The van der Waals surface area contributed by atoms with Gasteiger partial charge in [-0.3, -0.25) is 0 Å².